The Balaban J connectivity index is 2.19. The van der Waals surface area contributed by atoms with E-state index in [0.717, 1.165) is 25.1 Å². The van der Waals surface area contributed by atoms with Crippen molar-refractivity contribution >= 4 is 22.7 Å². The molecule has 0 radical (unpaired) electrons. The van der Waals surface area contributed by atoms with Crippen molar-refractivity contribution in [2.45, 2.75) is 19.5 Å². The van der Waals surface area contributed by atoms with Crippen LogP contribution in [0, 0.1) is 0 Å². The molecule has 1 unspecified atom stereocenters. The highest BCUT2D eigenvalue weighted by Crippen LogP contribution is 2.21. The smallest absolute Gasteiger partial charge is 0.220 e. The summed E-state index contributed by atoms with van der Waals surface area (Å²) in [7, 11) is 2.05. The minimum Gasteiger partial charge on any atom is -0.335 e. The number of nitrogens with one attached hydrogen (secondary N) is 1. The molecule has 0 spiro atoms. The van der Waals surface area contributed by atoms with Crippen LogP contribution >= 0.6 is 11.6 Å². The van der Waals surface area contributed by atoms with Gasteiger partial charge in [0.25, 0.3) is 0 Å². The highest BCUT2D eigenvalue weighted by molar-refractivity contribution is 6.70. The van der Waals surface area contributed by atoms with Gasteiger partial charge in [0, 0.05) is 18.7 Å². The molecule has 82 valence electrons. The average Bonchev–Trinajstić information content (AvgIpc) is 2.58. The highest BCUT2D eigenvalue weighted by atomic mass is 35.5. The molecule has 5 heteroatoms. The molecule has 0 aromatic rings. The number of aliphatic imine (C=N–C) groups is 2. The van der Waals surface area contributed by atoms with Gasteiger partial charge in [0.15, 0.2) is 0 Å². The molecule has 2 heterocycles. The number of guanidine groups is 1. The Morgan fingerprint density at radius 1 is 1.73 bits per heavy atom. The van der Waals surface area contributed by atoms with Crippen LogP contribution < -0.4 is 5.32 Å². The van der Waals surface area contributed by atoms with Crippen LogP contribution in [0.25, 0.3) is 0 Å². The van der Waals surface area contributed by atoms with Gasteiger partial charge in [-0.25, -0.2) is 4.99 Å². The summed E-state index contributed by atoms with van der Waals surface area (Å²) in [4.78, 5) is 10.7. The Morgan fingerprint density at radius 3 is 3.27 bits per heavy atom. The maximum absolute atomic E-state index is 6.09. The van der Waals surface area contributed by atoms with E-state index < -0.39 is 0 Å². The maximum atomic E-state index is 6.09. The molecule has 0 saturated carbocycles. The van der Waals surface area contributed by atoms with Crippen LogP contribution in [0.3, 0.4) is 0 Å². The van der Waals surface area contributed by atoms with Crippen LogP contribution in [0.5, 0.6) is 0 Å². The molecule has 0 aliphatic carbocycles. The summed E-state index contributed by atoms with van der Waals surface area (Å²) in [6.07, 6.45) is 3.26. The minimum absolute atomic E-state index is 0.144. The molecule has 2 aliphatic rings. The van der Waals surface area contributed by atoms with E-state index in [0.29, 0.717) is 11.1 Å². The topological polar surface area (TPSA) is 40.0 Å². The fourth-order valence-corrected chi connectivity index (χ4v) is 1.95. The van der Waals surface area contributed by atoms with Crippen molar-refractivity contribution in [2.24, 2.45) is 9.98 Å². The number of nitrogens with zero attached hydrogens (tertiary/aromatic N) is 3. The summed E-state index contributed by atoms with van der Waals surface area (Å²) < 4.78 is 0. The summed E-state index contributed by atoms with van der Waals surface area (Å²) in [5.41, 5.74) is 1.06. The molecule has 0 fully saturated rings. The first-order valence-electron chi connectivity index (χ1n) is 5.18. The average molecular weight is 227 g/mol. The monoisotopic (exact) mass is 226 g/mol. The van der Waals surface area contributed by atoms with Gasteiger partial charge >= 0.3 is 0 Å². The maximum Gasteiger partial charge on any atom is 0.220 e. The molecule has 15 heavy (non-hydrogen) atoms. The van der Waals surface area contributed by atoms with E-state index in [1.807, 2.05) is 7.05 Å². The third kappa shape index (κ3) is 2.06. The van der Waals surface area contributed by atoms with E-state index in [-0.39, 0.29) is 6.17 Å². The summed E-state index contributed by atoms with van der Waals surface area (Å²) in [5.74, 6) is 0.651. The number of halogens is 1. The molecule has 1 atom stereocenters. The molecule has 1 N–H and O–H groups in total. The zero-order valence-electron chi connectivity index (χ0n) is 9.00. The first-order chi connectivity index (χ1) is 7.22. The van der Waals surface area contributed by atoms with Gasteiger partial charge in [-0.3, -0.25) is 9.89 Å². The zero-order valence-corrected chi connectivity index (χ0v) is 9.75. The lowest BCUT2D eigenvalue weighted by Gasteiger charge is -2.27. The molecule has 2 aliphatic heterocycles. The molecule has 4 nitrogen and oxygen atoms in total. The van der Waals surface area contributed by atoms with Gasteiger partial charge in [-0.05, 0) is 13.5 Å². The molecule has 0 saturated heterocycles. The second-order valence-corrected chi connectivity index (χ2v) is 4.11. The zero-order chi connectivity index (χ0) is 10.8. The van der Waals surface area contributed by atoms with Crippen LogP contribution in [-0.2, 0) is 0 Å². The fraction of sp³-hybridized carbons (Fsp3) is 0.600. The number of hydrogen-bond acceptors (Lipinski definition) is 2. The van der Waals surface area contributed by atoms with Gasteiger partial charge in [-0.1, -0.05) is 24.6 Å². The summed E-state index contributed by atoms with van der Waals surface area (Å²) in [5, 5.41) is 3.83. The molecular weight excluding hydrogens is 212 g/mol. The summed E-state index contributed by atoms with van der Waals surface area (Å²) >= 11 is 6.09. The van der Waals surface area contributed by atoms with Crippen molar-refractivity contribution in [3.05, 3.63) is 11.6 Å². The van der Waals surface area contributed by atoms with Crippen LogP contribution in [-0.4, -0.2) is 42.3 Å². The number of likely N-dealkylation sites (N-methyl/N-ethyl adjacent to an activating group) is 1. The quantitative estimate of drug-likeness (QED) is 0.769. The largest absolute Gasteiger partial charge is 0.335 e. The number of rotatable bonds is 2. The Labute approximate surface area is 94.7 Å². The summed E-state index contributed by atoms with van der Waals surface area (Å²) in [6.45, 7) is 3.77. The lowest BCUT2D eigenvalue weighted by Crippen LogP contribution is -2.47. The van der Waals surface area contributed by atoms with Crippen LogP contribution in [0.15, 0.2) is 21.6 Å². The Hall–Kier alpha value is -0.870. The standard InChI is InChI=1S/C10H15ClN4/c1-3-5-12-10-13-8(11)7-4-6-15(2)9(7)14-10/h4,9H,3,5-6H2,1-2H3,(H,12,14). The number of fused-ring (bicyclic) bond motifs is 1. The van der Waals surface area contributed by atoms with E-state index in [9.17, 15) is 0 Å². The Morgan fingerprint density at radius 2 is 2.53 bits per heavy atom. The Bertz CT molecular complexity index is 345. The van der Waals surface area contributed by atoms with Gasteiger partial charge in [0.05, 0.1) is 0 Å². The normalized spacial score (nSPS) is 28.5. The molecular formula is C10H15ClN4. The Kier molecular flexibility index (Phi) is 3.07. The van der Waals surface area contributed by atoms with E-state index in [1.165, 1.54) is 0 Å². The molecule has 0 aromatic carbocycles. The van der Waals surface area contributed by atoms with Crippen LogP contribution in [0.1, 0.15) is 13.3 Å². The van der Waals surface area contributed by atoms with Crippen molar-refractivity contribution in [3.63, 3.8) is 0 Å². The van der Waals surface area contributed by atoms with Gasteiger partial charge < -0.3 is 5.32 Å². The van der Waals surface area contributed by atoms with Gasteiger partial charge in [0.1, 0.15) is 11.3 Å². The predicted molar refractivity (Wildman–Crippen MR) is 63.5 cm³/mol. The van der Waals surface area contributed by atoms with Crippen molar-refractivity contribution in [2.75, 3.05) is 20.1 Å². The second kappa shape index (κ2) is 4.33. The van der Waals surface area contributed by atoms with E-state index in [2.05, 4.69) is 33.2 Å². The van der Waals surface area contributed by atoms with Gasteiger partial charge in [-0.15, -0.1) is 0 Å². The summed E-state index contributed by atoms with van der Waals surface area (Å²) in [6, 6.07) is 0. The first-order valence-corrected chi connectivity index (χ1v) is 5.56. The first kappa shape index (κ1) is 10.6. The van der Waals surface area contributed by atoms with Crippen molar-refractivity contribution in [1.82, 2.24) is 10.2 Å². The fourth-order valence-electron chi connectivity index (χ4n) is 1.69. The lowest BCUT2D eigenvalue weighted by atomic mass is 10.2. The van der Waals surface area contributed by atoms with Crippen LogP contribution in [0.4, 0.5) is 0 Å². The van der Waals surface area contributed by atoms with Crippen molar-refractivity contribution in [1.29, 1.82) is 0 Å². The van der Waals surface area contributed by atoms with E-state index in [1.54, 1.807) is 0 Å². The third-order valence-electron chi connectivity index (χ3n) is 2.53. The van der Waals surface area contributed by atoms with E-state index in [4.69, 9.17) is 11.6 Å². The van der Waals surface area contributed by atoms with Gasteiger partial charge in [-0.2, -0.15) is 0 Å². The molecule has 0 aromatic heterocycles. The highest BCUT2D eigenvalue weighted by Gasteiger charge is 2.31. The SMILES string of the molecule is CCCN=C1N=C(Cl)C2=CCN(C)C2N1. The second-order valence-electron chi connectivity index (χ2n) is 3.75. The van der Waals surface area contributed by atoms with Gasteiger partial charge in [0.2, 0.25) is 5.96 Å². The molecule has 2 rings (SSSR count). The van der Waals surface area contributed by atoms with Crippen LogP contribution in [0.2, 0.25) is 0 Å². The van der Waals surface area contributed by atoms with Crippen molar-refractivity contribution < 1.29 is 0 Å². The lowest BCUT2D eigenvalue weighted by molar-refractivity contribution is 0.311. The predicted octanol–water partition coefficient (Wildman–Crippen LogP) is 1.19. The minimum atomic E-state index is 0.144. The molecule has 0 bridgehead atoms. The number of hydrogen-bond donors (Lipinski definition) is 1. The third-order valence-corrected chi connectivity index (χ3v) is 2.83. The molecule has 0 amide bonds. The van der Waals surface area contributed by atoms with E-state index >= 15 is 0 Å². The van der Waals surface area contributed by atoms with Crippen molar-refractivity contribution in [3.8, 4) is 0 Å².